The van der Waals surface area contributed by atoms with E-state index in [9.17, 15) is 22.8 Å². The van der Waals surface area contributed by atoms with Crippen LogP contribution in [-0.4, -0.2) is 62.1 Å². The van der Waals surface area contributed by atoms with Gasteiger partial charge < -0.3 is 21.1 Å². The van der Waals surface area contributed by atoms with Crippen LogP contribution in [-0.2, 0) is 19.4 Å². The number of piperidine rings is 1. The SMILES string of the molecule is CS(=O)(=O)CCC(NC(=O)NC1CCC(=O)NC1)C(=O)O. The summed E-state index contributed by atoms with van der Waals surface area (Å²) in [5.41, 5.74) is 0. The van der Waals surface area contributed by atoms with Crippen molar-refractivity contribution in [2.75, 3.05) is 18.6 Å². The summed E-state index contributed by atoms with van der Waals surface area (Å²) in [6.45, 7) is 0.285. The van der Waals surface area contributed by atoms with Gasteiger partial charge in [-0.1, -0.05) is 0 Å². The number of carboxylic acids is 1. The van der Waals surface area contributed by atoms with E-state index in [1.54, 1.807) is 0 Å². The zero-order valence-corrected chi connectivity index (χ0v) is 12.4. The van der Waals surface area contributed by atoms with Crippen LogP contribution < -0.4 is 16.0 Å². The molecule has 120 valence electrons. The first-order valence-electron chi connectivity index (χ1n) is 6.41. The van der Waals surface area contributed by atoms with Crippen LogP contribution in [0, 0.1) is 0 Å². The highest BCUT2D eigenvalue weighted by atomic mass is 32.2. The van der Waals surface area contributed by atoms with Crippen molar-refractivity contribution >= 4 is 27.7 Å². The maximum atomic E-state index is 11.7. The minimum atomic E-state index is -3.30. The molecule has 1 fully saturated rings. The van der Waals surface area contributed by atoms with Gasteiger partial charge in [0.25, 0.3) is 0 Å². The number of aliphatic carboxylic acids is 1. The molecule has 0 spiro atoms. The maximum Gasteiger partial charge on any atom is 0.326 e. The van der Waals surface area contributed by atoms with Crippen molar-refractivity contribution in [3.63, 3.8) is 0 Å². The van der Waals surface area contributed by atoms with Gasteiger partial charge in [-0.3, -0.25) is 4.79 Å². The van der Waals surface area contributed by atoms with E-state index in [1.165, 1.54) is 0 Å². The van der Waals surface area contributed by atoms with Gasteiger partial charge in [0.2, 0.25) is 5.91 Å². The molecule has 0 saturated carbocycles. The second-order valence-corrected chi connectivity index (χ2v) is 7.23. The van der Waals surface area contributed by atoms with Crippen LogP contribution >= 0.6 is 0 Å². The summed E-state index contributed by atoms with van der Waals surface area (Å²) in [6.07, 6.45) is 1.56. The van der Waals surface area contributed by atoms with Crippen LogP contribution in [0.2, 0.25) is 0 Å². The molecule has 21 heavy (non-hydrogen) atoms. The molecule has 1 saturated heterocycles. The molecule has 0 bridgehead atoms. The van der Waals surface area contributed by atoms with Crippen LogP contribution in [0.3, 0.4) is 0 Å². The fourth-order valence-electron chi connectivity index (χ4n) is 1.83. The molecule has 2 unspecified atom stereocenters. The number of carbonyl (C=O) groups is 3. The topological polar surface area (TPSA) is 142 Å². The first kappa shape index (κ1) is 17.2. The lowest BCUT2D eigenvalue weighted by atomic mass is 10.1. The van der Waals surface area contributed by atoms with E-state index in [4.69, 9.17) is 5.11 Å². The van der Waals surface area contributed by atoms with Crippen molar-refractivity contribution in [3.05, 3.63) is 0 Å². The highest BCUT2D eigenvalue weighted by Crippen LogP contribution is 2.03. The van der Waals surface area contributed by atoms with Crippen molar-refractivity contribution in [3.8, 4) is 0 Å². The number of hydrogen-bond acceptors (Lipinski definition) is 5. The van der Waals surface area contributed by atoms with Crippen molar-refractivity contribution in [1.29, 1.82) is 0 Å². The smallest absolute Gasteiger partial charge is 0.326 e. The minimum Gasteiger partial charge on any atom is -0.480 e. The van der Waals surface area contributed by atoms with E-state index in [0.29, 0.717) is 12.8 Å². The molecule has 1 aliphatic rings. The van der Waals surface area contributed by atoms with Crippen LogP contribution in [0.1, 0.15) is 19.3 Å². The van der Waals surface area contributed by atoms with Gasteiger partial charge in [-0.05, 0) is 12.8 Å². The van der Waals surface area contributed by atoms with Crippen molar-refractivity contribution in [2.24, 2.45) is 0 Å². The molecule has 4 N–H and O–H groups in total. The molecule has 0 aliphatic carbocycles. The molecule has 0 aromatic heterocycles. The zero-order valence-electron chi connectivity index (χ0n) is 11.6. The van der Waals surface area contributed by atoms with Gasteiger partial charge >= 0.3 is 12.0 Å². The van der Waals surface area contributed by atoms with E-state index < -0.39 is 27.9 Å². The predicted octanol–water partition coefficient (Wildman–Crippen LogP) is -1.55. The second-order valence-electron chi connectivity index (χ2n) is 4.97. The van der Waals surface area contributed by atoms with Gasteiger partial charge in [-0.25, -0.2) is 18.0 Å². The number of amides is 3. The molecule has 3 amide bonds. The third kappa shape index (κ3) is 6.93. The number of hydrogen-bond donors (Lipinski definition) is 4. The summed E-state index contributed by atoms with van der Waals surface area (Å²) in [4.78, 5) is 33.6. The van der Waals surface area contributed by atoms with Crippen molar-refractivity contribution < 1.29 is 27.9 Å². The summed E-state index contributed by atoms with van der Waals surface area (Å²) in [5.74, 6) is -1.72. The van der Waals surface area contributed by atoms with E-state index >= 15 is 0 Å². The molecule has 9 nitrogen and oxygen atoms in total. The third-order valence-corrected chi connectivity index (χ3v) is 3.96. The van der Waals surface area contributed by atoms with Crippen LogP contribution in [0.5, 0.6) is 0 Å². The Morgan fingerprint density at radius 2 is 2.14 bits per heavy atom. The molecular weight excluding hydrogens is 302 g/mol. The molecule has 1 rings (SSSR count). The first-order valence-corrected chi connectivity index (χ1v) is 8.47. The Labute approximate surface area is 122 Å². The largest absolute Gasteiger partial charge is 0.480 e. The second kappa shape index (κ2) is 7.25. The van der Waals surface area contributed by atoms with Crippen molar-refractivity contribution in [2.45, 2.75) is 31.3 Å². The normalized spacial score (nSPS) is 20.2. The summed E-state index contributed by atoms with van der Waals surface area (Å²) >= 11 is 0. The Morgan fingerprint density at radius 3 is 2.62 bits per heavy atom. The fraction of sp³-hybridized carbons (Fsp3) is 0.727. The van der Waals surface area contributed by atoms with Gasteiger partial charge in [0.05, 0.1) is 5.75 Å². The van der Waals surface area contributed by atoms with Crippen LogP contribution in [0.4, 0.5) is 4.79 Å². The summed E-state index contributed by atoms with van der Waals surface area (Å²) in [7, 11) is -3.30. The lowest BCUT2D eigenvalue weighted by Crippen LogP contribution is -2.53. The predicted molar refractivity (Wildman–Crippen MR) is 73.5 cm³/mol. The third-order valence-electron chi connectivity index (χ3n) is 2.98. The molecule has 0 aromatic carbocycles. The summed E-state index contributed by atoms with van der Waals surface area (Å²) in [6, 6.07) is -2.25. The fourth-order valence-corrected chi connectivity index (χ4v) is 2.49. The Balaban J connectivity index is 2.45. The average Bonchev–Trinajstić information content (AvgIpc) is 2.36. The molecule has 1 heterocycles. The number of nitrogens with one attached hydrogen (secondary N) is 3. The number of rotatable bonds is 6. The van der Waals surface area contributed by atoms with E-state index in [0.717, 1.165) is 6.26 Å². The summed E-state index contributed by atoms with van der Waals surface area (Å²) in [5, 5.41) is 16.3. The lowest BCUT2D eigenvalue weighted by molar-refractivity contribution is -0.139. The van der Waals surface area contributed by atoms with E-state index in [1.807, 2.05) is 0 Å². The van der Waals surface area contributed by atoms with Crippen LogP contribution in [0.25, 0.3) is 0 Å². The molecule has 0 radical (unpaired) electrons. The van der Waals surface area contributed by atoms with Gasteiger partial charge in [0.15, 0.2) is 0 Å². The van der Waals surface area contributed by atoms with Crippen LogP contribution in [0.15, 0.2) is 0 Å². The molecule has 2 atom stereocenters. The molecular formula is C11H19N3O6S. The standard InChI is InChI=1S/C11H19N3O6S/c1-21(19,20)5-4-8(10(16)17)14-11(18)13-7-2-3-9(15)12-6-7/h7-8H,2-6H2,1H3,(H,12,15)(H,16,17)(H2,13,14,18). The van der Waals surface area contributed by atoms with E-state index in [-0.39, 0.29) is 30.7 Å². The number of sulfone groups is 1. The van der Waals surface area contributed by atoms with Gasteiger partial charge in [0.1, 0.15) is 15.9 Å². The summed E-state index contributed by atoms with van der Waals surface area (Å²) < 4.78 is 22.1. The number of urea groups is 1. The molecule has 10 heteroatoms. The Morgan fingerprint density at radius 1 is 1.48 bits per heavy atom. The number of carboxylic acid groups (broad SMARTS) is 1. The van der Waals surface area contributed by atoms with Gasteiger partial charge in [-0.2, -0.15) is 0 Å². The highest BCUT2D eigenvalue weighted by molar-refractivity contribution is 7.90. The highest BCUT2D eigenvalue weighted by Gasteiger charge is 2.24. The Bertz CT molecular complexity index is 508. The Hall–Kier alpha value is -1.84. The number of carbonyl (C=O) groups excluding carboxylic acids is 2. The molecule has 0 aromatic rings. The Kier molecular flexibility index (Phi) is 5.94. The van der Waals surface area contributed by atoms with Crippen molar-refractivity contribution in [1.82, 2.24) is 16.0 Å². The monoisotopic (exact) mass is 321 g/mol. The minimum absolute atomic E-state index is 0.0926. The first-order chi connectivity index (χ1) is 9.67. The zero-order chi connectivity index (χ0) is 16.0. The van der Waals surface area contributed by atoms with E-state index in [2.05, 4.69) is 16.0 Å². The van der Waals surface area contributed by atoms with Gasteiger partial charge in [0, 0.05) is 25.3 Å². The maximum absolute atomic E-state index is 11.7. The lowest BCUT2D eigenvalue weighted by Gasteiger charge is -2.24. The molecule has 1 aliphatic heterocycles. The average molecular weight is 321 g/mol. The quantitative estimate of drug-likeness (QED) is 0.467. The van der Waals surface area contributed by atoms with Gasteiger partial charge in [-0.15, -0.1) is 0 Å².